The average molecular weight is 435 g/mol. The van der Waals surface area contributed by atoms with Crippen LogP contribution in [0.1, 0.15) is 11.4 Å². The zero-order valence-corrected chi connectivity index (χ0v) is 18.7. The van der Waals surface area contributed by atoms with Crippen molar-refractivity contribution in [3.8, 4) is 33.1 Å². The Bertz CT molecular complexity index is 1360. The van der Waals surface area contributed by atoms with Crippen molar-refractivity contribution >= 4 is 22.8 Å². The molecule has 156 valence electrons. The molecular formula is C27H22N4S. The number of benzene rings is 3. The van der Waals surface area contributed by atoms with Crippen LogP contribution >= 0.6 is 11.3 Å². The SMILES string of the molecule is Cc1nc(Nc2ccc(-c3csc(-c4ccccc4C)n3)cc2)cc(-c2ccccc2)n1. The van der Waals surface area contributed by atoms with Gasteiger partial charge < -0.3 is 5.32 Å². The summed E-state index contributed by atoms with van der Waals surface area (Å²) < 4.78 is 0. The molecule has 32 heavy (non-hydrogen) atoms. The highest BCUT2D eigenvalue weighted by Gasteiger charge is 2.09. The predicted molar refractivity (Wildman–Crippen MR) is 133 cm³/mol. The van der Waals surface area contributed by atoms with Gasteiger partial charge >= 0.3 is 0 Å². The number of aryl methyl sites for hydroxylation is 2. The molecule has 0 radical (unpaired) electrons. The summed E-state index contributed by atoms with van der Waals surface area (Å²) in [5.74, 6) is 1.51. The molecule has 0 amide bonds. The Kier molecular flexibility index (Phi) is 5.48. The summed E-state index contributed by atoms with van der Waals surface area (Å²) in [5.41, 5.74) is 7.46. The summed E-state index contributed by atoms with van der Waals surface area (Å²) in [6.07, 6.45) is 0. The fraction of sp³-hybridized carbons (Fsp3) is 0.0741. The highest BCUT2D eigenvalue weighted by molar-refractivity contribution is 7.13. The minimum atomic E-state index is 0.733. The summed E-state index contributed by atoms with van der Waals surface area (Å²) in [6.45, 7) is 4.03. The molecular weight excluding hydrogens is 412 g/mol. The van der Waals surface area contributed by atoms with Crippen LogP contribution in [0.3, 0.4) is 0 Å². The second-order valence-corrected chi connectivity index (χ2v) is 8.46. The Hall–Kier alpha value is -3.83. The first-order valence-electron chi connectivity index (χ1n) is 10.5. The van der Waals surface area contributed by atoms with Crippen molar-refractivity contribution in [3.05, 3.63) is 102 Å². The number of hydrogen-bond acceptors (Lipinski definition) is 5. The number of aromatic nitrogens is 3. The molecule has 0 aliphatic rings. The Balaban J connectivity index is 1.36. The third kappa shape index (κ3) is 4.29. The first-order chi connectivity index (χ1) is 15.7. The van der Waals surface area contributed by atoms with Crippen LogP contribution in [0.4, 0.5) is 11.5 Å². The second kappa shape index (κ2) is 8.73. The van der Waals surface area contributed by atoms with Crippen molar-refractivity contribution < 1.29 is 0 Å². The lowest BCUT2D eigenvalue weighted by molar-refractivity contribution is 1.06. The van der Waals surface area contributed by atoms with Crippen LogP contribution in [0, 0.1) is 13.8 Å². The van der Waals surface area contributed by atoms with Crippen LogP contribution in [-0.2, 0) is 0 Å². The van der Waals surface area contributed by atoms with Gasteiger partial charge in [-0.05, 0) is 31.5 Å². The van der Waals surface area contributed by atoms with Gasteiger partial charge in [-0.15, -0.1) is 11.3 Å². The van der Waals surface area contributed by atoms with E-state index in [-0.39, 0.29) is 0 Å². The zero-order chi connectivity index (χ0) is 21.9. The molecule has 0 saturated heterocycles. The smallest absolute Gasteiger partial charge is 0.134 e. The molecule has 0 aliphatic heterocycles. The molecule has 0 atom stereocenters. The lowest BCUT2D eigenvalue weighted by Crippen LogP contribution is -1.99. The number of rotatable bonds is 5. The first kappa shape index (κ1) is 20.1. The number of thiazole rings is 1. The Morgan fingerprint density at radius 3 is 2.19 bits per heavy atom. The van der Waals surface area contributed by atoms with Crippen molar-refractivity contribution in [2.24, 2.45) is 0 Å². The normalized spacial score (nSPS) is 10.8. The topological polar surface area (TPSA) is 50.7 Å². The zero-order valence-electron chi connectivity index (χ0n) is 17.9. The molecule has 0 saturated carbocycles. The molecule has 4 nitrogen and oxygen atoms in total. The maximum atomic E-state index is 4.86. The molecule has 5 aromatic rings. The van der Waals surface area contributed by atoms with Gasteiger partial charge in [-0.2, -0.15) is 0 Å². The van der Waals surface area contributed by atoms with Crippen LogP contribution in [0.25, 0.3) is 33.1 Å². The maximum absolute atomic E-state index is 4.86. The van der Waals surface area contributed by atoms with E-state index in [4.69, 9.17) is 4.98 Å². The molecule has 3 aromatic carbocycles. The summed E-state index contributed by atoms with van der Waals surface area (Å²) in [7, 11) is 0. The molecule has 5 rings (SSSR count). The van der Waals surface area contributed by atoms with Crippen LogP contribution < -0.4 is 5.32 Å². The molecule has 0 aliphatic carbocycles. The molecule has 2 aromatic heterocycles. The Morgan fingerprint density at radius 1 is 0.688 bits per heavy atom. The largest absolute Gasteiger partial charge is 0.340 e. The minimum Gasteiger partial charge on any atom is -0.340 e. The van der Waals surface area contributed by atoms with E-state index in [0.29, 0.717) is 0 Å². The minimum absolute atomic E-state index is 0.733. The molecule has 5 heteroatoms. The van der Waals surface area contributed by atoms with Crippen LogP contribution in [0.5, 0.6) is 0 Å². The fourth-order valence-corrected chi connectivity index (χ4v) is 4.52. The van der Waals surface area contributed by atoms with E-state index < -0.39 is 0 Å². The summed E-state index contributed by atoms with van der Waals surface area (Å²) in [6, 6.07) is 28.8. The number of hydrogen-bond donors (Lipinski definition) is 1. The van der Waals surface area contributed by atoms with Gasteiger partial charge in [-0.3, -0.25) is 0 Å². The van der Waals surface area contributed by atoms with Gasteiger partial charge in [0.2, 0.25) is 0 Å². The standard InChI is InChI=1S/C27H22N4S/c1-18-8-6-7-11-23(18)27-31-25(17-32-27)21-12-14-22(15-13-21)30-26-16-24(28-19(2)29-26)20-9-4-3-5-10-20/h3-17H,1-2H3,(H,28,29,30). The van der Waals surface area contributed by atoms with Crippen LogP contribution in [0.2, 0.25) is 0 Å². The van der Waals surface area contributed by atoms with E-state index >= 15 is 0 Å². The maximum Gasteiger partial charge on any atom is 0.134 e. The van der Waals surface area contributed by atoms with E-state index in [0.717, 1.165) is 44.9 Å². The van der Waals surface area contributed by atoms with Crippen molar-refractivity contribution in [3.63, 3.8) is 0 Å². The number of nitrogens with zero attached hydrogens (tertiary/aromatic N) is 3. The first-order valence-corrected chi connectivity index (χ1v) is 11.3. The molecule has 0 unspecified atom stereocenters. The number of nitrogens with one attached hydrogen (secondary N) is 1. The van der Waals surface area contributed by atoms with Gasteiger partial charge in [0.1, 0.15) is 16.6 Å². The molecule has 1 N–H and O–H groups in total. The van der Waals surface area contributed by atoms with Gasteiger partial charge in [-0.1, -0.05) is 66.7 Å². The lowest BCUT2D eigenvalue weighted by atomic mass is 10.1. The van der Waals surface area contributed by atoms with Crippen molar-refractivity contribution in [1.82, 2.24) is 15.0 Å². The quantitative estimate of drug-likeness (QED) is 0.315. The van der Waals surface area contributed by atoms with Gasteiger partial charge in [0.15, 0.2) is 0 Å². The molecule has 0 fully saturated rings. The van der Waals surface area contributed by atoms with E-state index in [1.165, 1.54) is 11.1 Å². The number of anilines is 2. The van der Waals surface area contributed by atoms with Gasteiger partial charge in [0, 0.05) is 33.8 Å². The fourth-order valence-electron chi connectivity index (χ4n) is 3.60. The van der Waals surface area contributed by atoms with Crippen LogP contribution in [0.15, 0.2) is 90.3 Å². The van der Waals surface area contributed by atoms with Gasteiger partial charge in [0.05, 0.1) is 11.4 Å². The molecule has 0 bridgehead atoms. The Labute approximate surface area is 191 Å². The van der Waals surface area contributed by atoms with Crippen molar-refractivity contribution in [2.45, 2.75) is 13.8 Å². The second-order valence-electron chi connectivity index (χ2n) is 7.61. The van der Waals surface area contributed by atoms with E-state index in [1.54, 1.807) is 11.3 Å². The summed E-state index contributed by atoms with van der Waals surface area (Å²) in [5, 5.41) is 6.56. The summed E-state index contributed by atoms with van der Waals surface area (Å²) in [4.78, 5) is 14.0. The third-order valence-corrected chi connectivity index (χ3v) is 6.12. The van der Waals surface area contributed by atoms with Crippen molar-refractivity contribution in [2.75, 3.05) is 5.32 Å². The predicted octanol–water partition coefficient (Wildman–Crippen LogP) is 7.29. The summed E-state index contributed by atoms with van der Waals surface area (Å²) >= 11 is 1.68. The highest BCUT2D eigenvalue weighted by Crippen LogP contribution is 2.31. The highest BCUT2D eigenvalue weighted by atomic mass is 32.1. The lowest BCUT2D eigenvalue weighted by Gasteiger charge is -2.09. The monoisotopic (exact) mass is 434 g/mol. The van der Waals surface area contributed by atoms with E-state index in [2.05, 4.69) is 88.3 Å². The van der Waals surface area contributed by atoms with Crippen molar-refractivity contribution in [1.29, 1.82) is 0 Å². The third-order valence-electron chi connectivity index (χ3n) is 5.24. The molecule has 2 heterocycles. The molecule has 0 spiro atoms. The van der Waals surface area contributed by atoms with Gasteiger partial charge in [-0.25, -0.2) is 15.0 Å². The van der Waals surface area contributed by atoms with E-state index in [1.807, 2.05) is 31.2 Å². The van der Waals surface area contributed by atoms with Crippen LogP contribution in [-0.4, -0.2) is 15.0 Å². The Morgan fingerprint density at radius 2 is 1.41 bits per heavy atom. The van der Waals surface area contributed by atoms with E-state index in [9.17, 15) is 0 Å². The van der Waals surface area contributed by atoms with Gasteiger partial charge in [0.25, 0.3) is 0 Å². The average Bonchev–Trinajstić information content (AvgIpc) is 3.30.